The molecule has 0 bridgehead atoms. The van der Waals surface area contributed by atoms with E-state index in [0.717, 1.165) is 33.8 Å². The Balaban J connectivity index is 0.964. The Morgan fingerprint density at radius 3 is 1.69 bits per heavy atom. The summed E-state index contributed by atoms with van der Waals surface area (Å²) in [4.78, 5) is 3.53. The van der Waals surface area contributed by atoms with Crippen molar-refractivity contribution in [1.29, 1.82) is 0 Å². The van der Waals surface area contributed by atoms with Crippen LogP contribution >= 0.6 is 11.3 Å². The van der Waals surface area contributed by atoms with Crippen LogP contribution in [0.2, 0.25) is 0 Å². The SMILES string of the molecule is c1ccc(N(c2ccccc2)c2ccc(-c3nnc(-c4ccc(-c5cc6c7ccccc7n7c8sccc8c(c5)c67)cc4)o3)cc2)cc1. The van der Waals surface area contributed by atoms with Crippen molar-refractivity contribution in [2.45, 2.75) is 0 Å². The Labute approximate surface area is 279 Å². The summed E-state index contributed by atoms with van der Waals surface area (Å²) in [5, 5.41) is 16.2. The van der Waals surface area contributed by atoms with E-state index in [1.807, 2.05) is 24.3 Å². The van der Waals surface area contributed by atoms with E-state index in [1.54, 1.807) is 11.3 Å². The second kappa shape index (κ2) is 10.7. The van der Waals surface area contributed by atoms with E-state index >= 15 is 0 Å². The zero-order chi connectivity index (χ0) is 31.6. The van der Waals surface area contributed by atoms with E-state index in [4.69, 9.17) is 4.42 Å². The van der Waals surface area contributed by atoms with Gasteiger partial charge >= 0.3 is 0 Å². The highest BCUT2D eigenvalue weighted by Crippen LogP contribution is 2.43. The average Bonchev–Trinajstić information content (AvgIpc) is 3.95. The lowest BCUT2D eigenvalue weighted by Crippen LogP contribution is -2.09. The first-order valence-electron chi connectivity index (χ1n) is 15.9. The molecule has 0 aliphatic carbocycles. The largest absolute Gasteiger partial charge is 0.416 e. The van der Waals surface area contributed by atoms with Crippen molar-refractivity contribution in [3.05, 3.63) is 157 Å². The fourth-order valence-electron chi connectivity index (χ4n) is 6.98. The average molecular weight is 635 g/mol. The number of anilines is 3. The van der Waals surface area contributed by atoms with Crippen LogP contribution in [0.1, 0.15) is 0 Å². The minimum absolute atomic E-state index is 0.489. The number of nitrogens with zero attached hydrogens (tertiary/aromatic N) is 4. The molecule has 0 aliphatic rings. The van der Waals surface area contributed by atoms with Crippen LogP contribution in [0.3, 0.4) is 0 Å². The third-order valence-electron chi connectivity index (χ3n) is 9.20. The number of hydrogen-bond acceptors (Lipinski definition) is 5. The van der Waals surface area contributed by atoms with E-state index in [2.05, 4.69) is 152 Å². The zero-order valence-electron chi connectivity index (χ0n) is 25.6. The van der Waals surface area contributed by atoms with Crippen molar-refractivity contribution < 1.29 is 4.42 Å². The second-order valence-corrected chi connectivity index (χ2v) is 12.8. The van der Waals surface area contributed by atoms with Gasteiger partial charge in [-0.15, -0.1) is 21.5 Å². The minimum Gasteiger partial charge on any atom is -0.416 e. The van der Waals surface area contributed by atoms with Gasteiger partial charge in [-0.25, -0.2) is 0 Å². The molecule has 0 unspecified atom stereocenters. The molecule has 5 nitrogen and oxygen atoms in total. The van der Waals surface area contributed by atoms with Crippen molar-refractivity contribution in [3.63, 3.8) is 0 Å². The molecule has 4 aromatic heterocycles. The zero-order valence-corrected chi connectivity index (χ0v) is 26.4. The van der Waals surface area contributed by atoms with Gasteiger partial charge in [0.25, 0.3) is 0 Å². The lowest BCUT2D eigenvalue weighted by Gasteiger charge is -2.25. The van der Waals surface area contributed by atoms with Gasteiger partial charge in [0, 0.05) is 49.7 Å². The van der Waals surface area contributed by atoms with Crippen molar-refractivity contribution in [2.75, 3.05) is 4.90 Å². The highest BCUT2D eigenvalue weighted by atomic mass is 32.1. The Hall–Kier alpha value is -6.24. The van der Waals surface area contributed by atoms with Crippen molar-refractivity contribution in [3.8, 4) is 34.0 Å². The normalized spacial score (nSPS) is 11.8. The van der Waals surface area contributed by atoms with Crippen LogP contribution in [-0.4, -0.2) is 14.6 Å². The van der Waals surface area contributed by atoms with Gasteiger partial charge in [0.1, 0.15) is 4.83 Å². The van der Waals surface area contributed by atoms with Crippen molar-refractivity contribution in [2.24, 2.45) is 0 Å². The van der Waals surface area contributed by atoms with E-state index in [0.29, 0.717) is 11.8 Å². The second-order valence-electron chi connectivity index (χ2n) is 12.0. The number of fused-ring (bicyclic) bond motifs is 6. The number of rotatable bonds is 6. The molecule has 6 heteroatoms. The summed E-state index contributed by atoms with van der Waals surface area (Å²) >= 11 is 1.80. The summed E-state index contributed by atoms with van der Waals surface area (Å²) in [6.07, 6.45) is 0. The first-order valence-corrected chi connectivity index (χ1v) is 16.8. The molecule has 0 saturated heterocycles. The lowest BCUT2D eigenvalue weighted by atomic mass is 9.99. The number of aromatic nitrogens is 3. The first kappa shape index (κ1) is 26.9. The Morgan fingerprint density at radius 2 is 1.02 bits per heavy atom. The maximum absolute atomic E-state index is 6.20. The highest BCUT2D eigenvalue weighted by Gasteiger charge is 2.20. The summed E-state index contributed by atoms with van der Waals surface area (Å²) in [5.74, 6) is 0.985. The van der Waals surface area contributed by atoms with Crippen LogP contribution in [0.25, 0.3) is 71.4 Å². The maximum Gasteiger partial charge on any atom is 0.248 e. The molecule has 10 aromatic rings. The Morgan fingerprint density at radius 1 is 0.479 bits per heavy atom. The summed E-state index contributed by atoms with van der Waals surface area (Å²) in [6, 6.07) is 53.0. The van der Waals surface area contributed by atoms with Crippen LogP contribution in [0, 0.1) is 0 Å². The van der Waals surface area contributed by atoms with Crippen LogP contribution in [0.5, 0.6) is 0 Å². The van der Waals surface area contributed by atoms with Gasteiger partial charge in [0.2, 0.25) is 11.8 Å². The molecular weight excluding hydrogens is 609 g/mol. The first-order chi connectivity index (χ1) is 23.8. The minimum atomic E-state index is 0.489. The van der Waals surface area contributed by atoms with Crippen LogP contribution in [-0.2, 0) is 0 Å². The van der Waals surface area contributed by atoms with Crippen molar-refractivity contribution in [1.82, 2.24) is 14.6 Å². The van der Waals surface area contributed by atoms with Gasteiger partial charge in [0.15, 0.2) is 0 Å². The van der Waals surface area contributed by atoms with Gasteiger partial charge in [-0.05, 0) is 101 Å². The number of hydrogen-bond donors (Lipinski definition) is 0. The standard InChI is InChI=1S/C42H26N4OS/c1-3-9-31(10-4-1)45(32-11-5-2-6-12-32)33-21-19-29(20-22-33)41-44-43-40(47-41)28-17-15-27(16-18-28)30-25-36-34-13-7-8-14-38(34)46-39(36)37(26-30)35-23-24-48-42(35)46/h1-26H. The molecule has 48 heavy (non-hydrogen) atoms. The van der Waals surface area contributed by atoms with Crippen LogP contribution < -0.4 is 4.90 Å². The Bertz CT molecular complexity index is 2670. The molecule has 0 radical (unpaired) electrons. The summed E-state index contributed by atoms with van der Waals surface area (Å²) in [6.45, 7) is 0. The van der Waals surface area contributed by atoms with E-state index in [9.17, 15) is 0 Å². The summed E-state index contributed by atoms with van der Waals surface area (Å²) < 4.78 is 8.63. The van der Waals surface area contributed by atoms with Gasteiger partial charge in [0.05, 0.1) is 11.0 Å². The lowest BCUT2D eigenvalue weighted by molar-refractivity contribution is 0.584. The summed E-state index contributed by atoms with van der Waals surface area (Å²) in [7, 11) is 0. The third-order valence-corrected chi connectivity index (χ3v) is 10.1. The Kier molecular flexibility index (Phi) is 5.98. The quantitative estimate of drug-likeness (QED) is 0.183. The molecule has 0 amide bonds. The molecular formula is C42H26N4OS. The third kappa shape index (κ3) is 4.16. The smallest absolute Gasteiger partial charge is 0.248 e. The molecule has 6 aromatic carbocycles. The van der Waals surface area contributed by atoms with E-state index in [1.165, 1.54) is 43.0 Å². The van der Waals surface area contributed by atoms with Gasteiger partial charge in [-0.1, -0.05) is 66.7 Å². The number of benzene rings is 6. The molecule has 0 fully saturated rings. The predicted octanol–water partition coefficient (Wildman–Crippen LogP) is 11.8. The highest BCUT2D eigenvalue weighted by molar-refractivity contribution is 7.17. The molecule has 10 rings (SSSR count). The van der Waals surface area contributed by atoms with Gasteiger partial charge in [-0.3, -0.25) is 4.40 Å². The van der Waals surface area contributed by atoms with E-state index in [-0.39, 0.29) is 0 Å². The van der Waals surface area contributed by atoms with Crippen molar-refractivity contribution >= 4 is 65.8 Å². The van der Waals surface area contributed by atoms with Gasteiger partial charge < -0.3 is 9.32 Å². The molecule has 0 N–H and O–H groups in total. The fraction of sp³-hybridized carbons (Fsp3) is 0. The van der Waals surface area contributed by atoms with E-state index < -0.39 is 0 Å². The monoisotopic (exact) mass is 634 g/mol. The number of para-hydroxylation sites is 3. The maximum atomic E-state index is 6.20. The predicted molar refractivity (Wildman–Crippen MR) is 198 cm³/mol. The molecule has 4 heterocycles. The van der Waals surface area contributed by atoms with Crippen LogP contribution in [0.15, 0.2) is 161 Å². The summed E-state index contributed by atoms with van der Waals surface area (Å²) in [5.41, 5.74) is 9.88. The fourth-order valence-corrected chi connectivity index (χ4v) is 7.91. The molecule has 0 atom stereocenters. The van der Waals surface area contributed by atoms with Crippen LogP contribution in [0.4, 0.5) is 17.1 Å². The molecule has 0 spiro atoms. The molecule has 0 saturated carbocycles. The molecule has 0 aliphatic heterocycles. The number of thiophene rings is 1. The topological polar surface area (TPSA) is 46.6 Å². The molecule has 226 valence electrons. The van der Waals surface area contributed by atoms with Gasteiger partial charge in [-0.2, -0.15) is 0 Å².